The van der Waals surface area contributed by atoms with Crippen LogP contribution in [0.25, 0.3) is 22.3 Å². The second kappa shape index (κ2) is 5.62. The maximum Gasteiger partial charge on any atom is 0.141 e. The van der Waals surface area contributed by atoms with Crippen LogP contribution in [0.1, 0.15) is 29.2 Å². The molecule has 0 saturated carbocycles. The highest BCUT2D eigenvalue weighted by Crippen LogP contribution is 2.39. The number of halogens is 1. The molecule has 1 nitrogen and oxygen atoms in total. The molecule has 0 atom stereocenters. The number of aryl methyl sites for hydroxylation is 1. The van der Waals surface area contributed by atoms with E-state index >= 15 is 0 Å². The summed E-state index contributed by atoms with van der Waals surface area (Å²) in [7, 11) is 0. The summed E-state index contributed by atoms with van der Waals surface area (Å²) in [5.74, 6) is -0.466. The quantitative estimate of drug-likeness (QED) is 0.479. The lowest BCUT2D eigenvalue weighted by molar-refractivity contribution is 0.624. The third kappa shape index (κ3) is 2.30. The molecule has 3 aromatic carbocycles. The van der Waals surface area contributed by atoms with Crippen molar-refractivity contribution in [3.8, 4) is 28.3 Å². The molecule has 1 aliphatic carbocycles. The summed E-state index contributed by atoms with van der Waals surface area (Å²) in [6.07, 6.45) is 1.96. The third-order valence-electron chi connectivity index (χ3n) is 4.78. The Labute approximate surface area is 141 Å². The van der Waals surface area contributed by atoms with Gasteiger partial charge >= 0.3 is 0 Å². The van der Waals surface area contributed by atoms with Crippen LogP contribution in [0.5, 0.6) is 0 Å². The lowest BCUT2D eigenvalue weighted by Crippen LogP contribution is -1.87. The van der Waals surface area contributed by atoms with Gasteiger partial charge in [0, 0.05) is 0 Å². The molecule has 116 valence electrons. The number of nitrogens with zero attached hydrogens (tertiary/aromatic N) is 1. The van der Waals surface area contributed by atoms with Crippen LogP contribution in [0.15, 0.2) is 54.6 Å². The fourth-order valence-electron chi connectivity index (χ4n) is 3.45. The van der Waals surface area contributed by atoms with Gasteiger partial charge in [-0.25, -0.2) is 4.39 Å². The van der Waals surface area contributed by atoms with Crippen LogP contribution in [-0.2, 0) is 12.8 Å². The van der Waals surface area contributed by atoms with Crippen molar-refractivity contribution in [2.24, 2.45) is 0 Å². The maximum atomic E-state index is 13.9. The Kier molecular flexibility index (Phi) is 3.43. The van der Waals surface area contributed by atoms with Crippen LogP contribution in [0.3, 0.4) is 0 Å². The minimum atomic E-state index is -0.466. The highest BCUT2D eigenvalue weighted by atomic mass is 19.1. The molecule has 1 aliphatic rings. The first-order valence-electron chi connectivity index (χ1n) is 8.14. The van der Waals surface area contributed by atoms with E-state index in [1.165, 1.54) is 33.9 Å². The van der Waals surface area contributed by atoms with E-state index < -0.39 is 5.82 Å². The smallest absolute Gasteiger partial charge is 0.141 e. The molecule has 0 unspecified atom stereocenters. The van der Waals surface area contributed by atoms with Crippen molar-refractivity contribution in [1.82, 2.24) is 0 Å². The standard InChI is InChI=1S/C22H16FN/c1-2-14-3-7-20-18(9-14)11-19-10-15(6-8-21(19)20)16-4-5-17(13-24)22(23)12-16/h3-10,12H,2,11H2,1H3. The lowest BCUT2D eigenvalue weighted by Gasteiger charge is -2.07. The molecule has 0 amide bonds. The van der Waals surface area contributed by atoms with Gasteiger partial charge in [0.15, 0.2) is 0 Å². The molecular formula is C22H16FN. The zero-order valence-electron chi connectivity index (χ0n) is 13.4. The Bertz CT molecular complexity index is 995. The number of rotatable bonds is 2. The first-order chi connectivity index (χ1) is 11.7. The van der Waals surface area contributed by atoms with Crippen molar-refractivity contribution < 1.29 is 4.39 Å². The van der Waals surface area contributed by atoms with Crippen LogP contribution in [0.2, 0.25) is 0 Å². The Balaban J connectivity index is 1.75. The topological polar surface area (TPSA) is 23.8 Å². The molecule has 24 heavy (non-hydrogen) atoms. The summed E-state index contributed by atoms with van der Waals surface area (Å²) < 4.78 is 13.9. The van der Waals surface area contributed by atoms with E-state index in [2.05, 4.69) is 37.3 Å². The van der Waals surface area contributed by atoms with E-state index in [1.807, 2.05) is 12.1 Å². The van der Waals surface area contributed by atoms with E-state index in [1.54, 1.807) is 12.1 Å². The van der Waals surface area contributed by atoms with Crippen molar-refractivity contribution in [2.45, 2.75) is 19.8 Å². The molecular weight excluding hydrogens is 297 g/mol. The van der Waals surface area contributed by atoms with Crippen LogP contribution >= 0.6 is 0 Å². The molecule has 3 aromatic rings. The number of fused-ring (bicyclic) bond motifs is 3. The first-order valence-corrected chi connectivity index (χ1v) is 8.14. The van der Waals surface area contributed by atoms with Gasteiger partial charge in [-0.1, -0.05) is 49.4 Å². The summed E-state index contributed by atoms with van der Waals surface area (Å²) in [6, 6.07) is 19.6. The number of nitriles is 1. The molecule has 0 N–H and O–H groups in total. The Morgan fingerprint density at radius 3 is 2.29 bits per heavy atom. The summed E-state index contributed by atoms with van der Waals surface area (Å²) in [5, 5.41) is 8.86. The van der Waals surface area contributed by atoms with Crippen LogP contribution in [-0.4, -0.2) is 0 Å². The summed E-state index contributed by atoms with van der Waals surface area (Å²) >= 11 is 0. The van der Waals surface area contributed by atoms with E-state index in [-0.39, 0.29) is 5.56 Å². The Morgan fingerprint density at radius 2 is 1.58 bits per heavy atom. The van der Waals surface area contributed by atoms with Gasteiger partial charge in [-0.05, 0) is 63.9 Å². The SMILES string of the molecule is CCc1ccc2c(c1)Cc1cc(-c3ccc(C#N)c(F)c3)ccc1-2. The average molecular weight is 313 g/mol. The zero-order chi connectivity index (χ0) is 16.7. The molecule has 0 aromatic heterocycles. The van der Waals surface area contributed by atoms with Gasteiger partial charge in [0.25, 0.3) is 0 Å². The number of benzene rings is 3. The average Bonchev–Trinajstić information content (AvgIpc) is 2.98. The summed E-state index contributed by atoms with van der Waals surface area (Å²) in [6.45, 7) is 2.17. The van der Waals surface area contributed by atoms with Gasteiger partial charge in [-0.3, -0.25) is 0 Å². The van der Waals surface area contributed by atoms with Crippen molar-refractivity contribution in [2.75, 3.05) is 0 Å². The minimum absolute atomic E-state index is 0.0828. The van der Waals surface area contributed by atoms with Crippen LogP contribution in [0.4, 0.5) is 4.39 Å². The zero-order valence-corrected chi connectivity index (χ0v) is 13.4. The fraction of sp³-hybridized carbons (Fsp3) is 0.136. The van der Waals surface area contributed by atoms with E-state index in [0.29, 0.717) is 0 Å². The molecule has 0 saturated heterocycles. The van der Waals surface area contributed by atoms with Crippen LogP contribution < -0.4 is 0 Å². The minimum Gasteiger partial charge on any atom is -0.206 e. The highest BCUT2D eigenvalue weighted by Gasteiger charge is 2.19. The first kappa shape index (κ1) is 14.7. The molecule has 0 radical (unpaired) electrons. The highest BCUT2D eigenvalue weighted by molar-refractivity contribution is 5.80. The van der Waals surface area contributed by atoms with Crippen molar-refractivity contribution in [3.05, 3.63) is 82.7 Å². The van der Waals surface area contributed by atoms with Crippen LogP contribution in [0, 0.1) is 17.1 Å². The van der Waals surface area contributed by atoms with E-state index in [9.17, 15) is 4.39 Å². The normalized spacial score (nSPS) is 11.7. The second-order valence-corrected chi connectivity index (χ2v) is 6.20. The van der Waals surface area contributed by atoms with Gasteiger partial charge in [-0.2, -0.15) is 5.26 Å². The fourth-order valence-corrected chi connectivity index (χ4v) is 3.45. The monoisotopic (exact) mass is 313 g/mol. The molecule has 0 spiro atoms. The van der Waals surface area contributed by atoms with Gasteiger partial charge in [-0.15, -0.1) is 0 Å². The van der Waals surface area contributed by atoms with E-state index in [4.69, 9.17) is 5.26 Å². The molecule has 4 rings (SSSR count). The van der Waals surface area contributed by atoms with Gasteiger partial charge in [0.1, 0.15) is 11.9 Å². The summed E-state index contributed by atoms with van der Waals surface area (Å²) in [4.78, 5) is 0. The molecule has 0 heterocycles. The Hall–Kier alpha value is -2.92. The summed E-state index contributed by atoms with van der Waals surface area (Å²) in [5.41, 5.74) is 8.45. The second-order valence-electron chi connectivity index (χ2n) is 6.20. The molecule has 0 bridgehead atoms. The maximum absolute atomic E-state index is 13.9. The van der Waals surface area contributed by atoms with E-state index in [0.717, 1.165) is 24.0 Å². The van der Waals surface area contributed by atoms with Gasteiger partial charge in [0.05, 0.1) is 5.56 Å². The lowest BCUT2D eigenvalue weighted by atomic mass is 9.98. The molecule has 0 aliphatic heterocycles. The molecule has 0 fully saturated rings. The third-order valence-corrected chi connectivity index (χ3v) is 4.78. The van der Waals surface area contributed by atoms with Crippen molar-refractivity contribution in [1.29, 1.82) is 5.26 Å². The van der Waals surface area contributed by atoms with Gasteiger partial charge in [0.2, 0.25) is 0 Å². The molecule has 2 heteroatoms. The van der Waals surface area contributed by atoms with Crippen molar-refractivity contribution in [3.63, 3.8) is 0 Å². The number of hydrogen-bond acceptors (Lipinski definition) is 1. The predicted molar refractivity (Wildman–Crippen MR) is 94.2 cm³/mol. The van der Waals surface area contributed by atoms with Gasteiger partial charge < -0.3 is 0 Å². The Morgan fingerprint density at radius 1 is 0.917 bits per heavy atom. The largest absolute Gasteiger partial charge is 0.206 e. The number of hydrogen-bond donors (Lipinski definition) is 0. The predicted octanol–water partition coefficient (Wildman–Crippen LogP) is 5.50. The van der Waals surface area contributed by atoms with Crippen molar-refractivity contribution >= 4 is 0 Å².